The number of ether oxygens (including phenoxy) is 1. The van der Waals surface area contributed by atoms with Crippen molar-refractivity contribution in [2.75, 3.05) is 25.1 Å². The zero-order chi connectivity index (χ0) is 12.0. The molecule has 1 aromatic rings. The second-order valence-corrected chi connectivity index (χ2v) is 3.62. The Kier molecular flexibility index (Phi) is 5.14. The Morgan fingerprint density at radius 3 is 2.94 bits per heavy atom. The van der Waals surface area contributed by atoms with Crippen molar-refractivity contribution < 1.29 is 9.13 Å². The molecule has 1 aromatic carbocycles. The van der Waals surface area contributed by atoms with Crippen molar-refractivity contribution in [3.63, 3.8) is 0 Å². The number of nitrogens with two attached hydrogens (primary N) is 1. The first kappa shape index (κ1) is 12.9. The lowest BCUT2D eigenvalue weighted by Gasteiger charge is -2.11. The Labute approximate surface area is 99.8 Å². The van der Waals surface area contributed by atoms with Crippen LogP contribution in [-0.2, 0) is 4.74 Å². The van der Waals surface area contributed by atoms with Crippen molar-refractivity contribution in [1.82, 2.24) is 0 Å². The van der Waals surface area contributed by atoms with Crippen LogP contribution in [0.3, 0.4) is 0 Å². The summed E-state index contributed by atoms with van der Waals surface area (Å²) in [5.74, 6) is -0.349. The van der Waals surface area contributed by atoms with Crippen LogP contribution >= 0.6 is 12.2 Å². The summed E-state index contributed by atoms with van der Waals surface area (Å²) in [6.07, 6.45) is 0. The van der Waals surface area contributed by atoms with Crippen molar-refractivity contribution in [3.05, 3.63) is 29.6 Å². The Morgan fingerprint density at radius 1 is 1.56 bits per heavy atom. The highest BCUT2D eigenvalue weighted by atomic mass is 32.1. The number of nitrogens with one attached hydrogen (secondary N) is 1. The zero-order valence-electron chi connectivity index (χ0n) is 9.13. The quantitative estimate of drug-likeness (QED) is 0.591. The Morgan fingerprint density at radius 2 is 2.31 bits per heavy atom. The van der Waals surface area contributed by atoms with Crippen LogP contribution in [0.4, 0.5) is 10.1 Å². The number of halogens is 1. The lowest BCUT2D eigenvalue weighted by Crippen LogP contribution is -2.16. The van der Waals surface area contributed by atoms with Gasteiger partial charge < -0.3 is 15.8 Å². The van der Waals surface area contributed by atoms with Crippen LogP contribution in [0.5, 0.6) is 0 Å². The Balaban J connectivity index is 2.67. The molecule has 0 aromatic heterocycles. The fourth-order valence-electron chi connectivity index (χ4n) is 1.28. The maximum atomic E-state index is 13.0. The largest absolute Gasteiger partial charge is 0.389 e. The molecule has 88 valence electrons. The van der Waals surface area contributed by atoms with E-state index >= 15 is 0 Å². The van der Waals surface area contributed by atoms with Gasteiger partial charge in [-0.3, -0.25) is 0 Å². The van der Waals surface area contributed by atoms with E-state index in [9.17, 15) is 4.39 Å². The molecule has 0 heterocycles. The van der Waals surface area contributed by atoms with Crippen LogP contribution in [0.25, 0.3) is 0 Å². The Bertz CT molecular complexity index is 371. The molecule has 0 aliphatic carbocycles. The second kappa shape index (κ2) is 6.40. The van der Waals surface area contributed by atoms with Crippen LogP contribution in [-0.4, -0.2) is 24.7 Å². The third-order valence-corrected chi connectivity index (χ3v) is 2.23. The van der Waals surface area contributed by atoms with E-state index in [0.29, 0.717) is 25.3 Å². The lowest BCUT2D eigenvalue weighted by atomic mass is 10.1. The van der Waals surface area contributed by atoms with E-state index in [0.717, 1.165) is 5.69 Å². The van der Waals surface area contributed by atoms with Crippen LogP contribution in [0.15, 0.2) is 18.2 Å². The topological polar surface area (TPSA) is 47.3 Å². The molecule has 0 bridgehead atoms. The molecule has 3 N–H and O–H groups in total. The lowest BCUT2D eigenvalue weighted by molar-refractivity contribution is 0.158. The monoisotopic (exact) mass is 242 g/mol. The molecule has 0 atom stereocenters. The van der Waals surface area contributed by atoms with Gasteiger partial charge in [0, 0.05) is 24.4 Å². The van der Waals surface area contributed by atoms with Crippen molar-refractivity contribution in [3.8, 4) is 0 Å². The third-order valence-electron chi connectivity index (χ3n) is 2.01. The smallest absolute Gasteiger partial charge is 0.124 e. The summed E-state index contributed by atoms with van der Waals surface area (Å²) in [7, 11) is 0. The highest BCUT2D eigenvalue weighted by Crippen LogP contribution is 2.16. The summed E-state index contributed by atoms with van der Waals surface area (Å²) in [6, 6.07) is 4.31. The highest BCUT2D eigenvalue weighted by Gasteiger charge is 2.05. The first-order valence-electron chi connectivity index (χ1n) is 5.06. The molecule has 0 unspecified atom stereocenters. The number of benzene rings is 1. The van der Waals surface area contributed by atoms with Crippen LogP contribution in [0.2, 0.25) is 0 Å². The van der Waals surface area contributed by atoms with E-state index in [4.69, 9.17) is 22.7 Å². The van der Waals surface area contributed by atoms with Gasteiger partial charge in [0.15, 0.2) is 0 Å². The number of rotatable bonds is 6. The molecule has 0 saturated heterocycles. The molecule has 16 heavy (non-hydrogen) atoms. The van der Waals surface area contributed by atoms with Gasteiger partial charge in [-0.15, -0.1) is 0 Å². The summed E-state index contributed by atoms with van der Waals surface area (Å²) >= 11 is 4.85. The standard InChI is InChI=1S/C11H15FN2OS/c1-2-15-6-5-14-10-4-3-8(12)7-9(10)11(13)16/h3-4,7,14H,2,5-6H2,1H3,(H2,13,16). The van der Waals surface area contributed by atoms with Gasteiger partial charge in [0.25, 0.3) is 0 Å². The van der Waals surface area contributed by atoms with E-state index in [1.54, 1.807) is 6.07 Å². The predicted octanol–water partition coefficient (Wildman–Crippen LogP) is 1.91. The SMILES string of the molecule is CCOCCNc1ccc(F)cc1C(N)=S. The van der Waals surface area contributed by atoms with Gasteiger partial charge in [-0.1, -0.05) is 12.2 Å². The first-order chi connectivity index (χ1) is 7.65. The van der Waals surface area contributed by atoms with Crippen LogP contribution < -0.4 is 11.1 Å². The van der Waals surface area contributed by atoms with Gasteiger partial charge in [-0.2, -0.15) is 0 Å². The zero-order valence-corrected chi connectivity index (χ0v) is 9.94. The normalized spacial score (nSPS) is 10.1. The molecule has 0 spiro atoms. The van der Waals surface area contributed by atoms with Crippen LogP contribution in [0.1, 0.15) is 12.5 Å². The molecular weight excluding hydrogens is 227 g/mol. The second-order valence-electron chi connectivity index (χ2n) is 3.18. The molecule has 0 radical (unpaired) electrons. The fraction of sp³-hybridized carbons (Fsp3) is 0.364. The van der Waals surface area contributed by atoms with Gasteiger partial charge in [-0.05, 0) is 25.1 Å². The predicted molar refractivity (Wildman–Crippen MR) is 67.3 cm³/mol. The molecule has 5 heteroatoms. The summed E-state index contributed by atoms with van der Waals surface area (Å²) in [5, 5.41) is 3.10. The molecule has 1 rings (SSSR count). The molecule has 0 amide bonds. The van der Waals surface area contributed by atoms with Crippen molar-refractivity contribution in [1.29, 1.82) is 0 Å². The molecule has 0 saturated carbocycles. The van der Waals surface area contributed by atoms with Crippen LogP contribution in [0, 0.1) is 5.82 Å². The summed E-state index contributed by atoms with van der Waals surface area (Å²) in [6.45, 7) is 3.82. The van der Waals surface area contributed by atoms with E-state index in [1.807, 2.05) is 6.92 Å². The molecule has 3 nitrogen and oxygen atoms in total. The molecule has 0 fully saturated rings. The van der Waals surface area contributed by atoms with Gasteiger partial charge in [-0.25, -0.2) is 4.39 Å². The van der Waals surface area contributed by atoms with Crippen molar-refractivity contribution >= 4 is 22.9 Å². The van der Waals surface area contributed by atoms with E-state index in [-0.39, 0.29) is 10.8 Å². The molecule has 0 aliphatic heterocycles. The highest BCUT2D eigenvalue weighted by molar-refractivity contribution is 7.80. The summed E-state index contributed by atoms with van der Waals surface area (Å²) in [4.78, 5) is 0.179. The molecular formula is C11H15FN2OS. The molecule has 0 aliphatic rings. The van der Waals surface area contributed by atoms with Gasteiger partial charge >= 0.3 is 0 Å². The van der Waals surface area contributed by atoms with Gasteiger partial charge in [0.1, 0.15) is 10.8 Å². The van der Waals surface area contributed by atoms with Gasteiger partial charge in [0.2, 0.25) is 0 Å². The first-order valence-corrected chi connectivity index (χ1v) is 5.47. The van der Waals surface area contributed by atoms with E-state index < -0.39 is 0 Å². The fourth-order valence-corrected chi connectivity index (χ4v) is 1.45. The third kappa shape index (κ3) is 3.75. The maximum absolute atomic E-state index is 13.0. The number of anilines is 1. The average molecular weight is 242 g/mol. The van der Waals surface area contributed by atoms with Crippen molar-refractivity contribution in [2.24, 2.45) is 5.73 Å². The number of hydrogen-bond acceptors (Lipinski definition) is 3. The average Bonchev–Trinajstić information content (AvgIpc) is 2.26. The summed E-state index contributed by atoms with van der Waals surface area (Å²) < 4.78 is 18.2. The maximum Gasteiger partial charge on any atom is 0.124 e. The summed E-state index contributed by atoms with van der Waals surface area (Å²) in [5.41, 5.74) is 6.76. The minimum atomic E-state index is -0.349. The van der Waals surface area contributed by atoms with Crippen molar-refractivity contribution in [2.45, 2.75) is 6.92 Å². The van der Waals surface area contributed by atoms with E-state index in [1.165, 1.54) is 12.1 Å². The minimum Gasteiger partial charge on any atom is -0.389 e. The number of thiocarbonyl (C=S) groups is 1. The van der Waals surface area contributed by atoms with E-state index in [2.05, 4.69) is 5.32 Å². The minimum absolute atomic E-state index is 0.179. The number of hydrogen-bond donors (Lipinski definition) is 2. The Hall–Kier alpha value is -1.20. The van der Waals surface area contributed by atoms with Gasteiger partial charge in [0.05, 0.1) is 6.61 Å².